The summed E-state index contributed by atoms with van der Waals surface area (Å²) in [7, 11) is -3.58. The van der Waals surface area contributed by atoms with Gasteiger partial charge < -0.3 is 4.98 Å². The molecule has 8 heteroatoms. The van der Waals surface area contributed by atoms with E-state index >= 15 is 0 Å². The van der Waals surface area contributed by atoms with Gasteiger partial charge in [-0.15, -0.1) is 0 Å². The molecule has 2 aliphatic rings. The topological polar surface area (TPSA) is 73.5 Å². The number of aromatic amines is 1. The van der Waals surface area contributed by atoms with Crippen LogP contribution in [0.25, 0.3) is 0 Å². The average Bonchev–Trinajstić information content (AvgIpc) is 3.26. The molecule has 1 aromatic rings. The molecule has 0 atom stereocenters. The molecule has 1 aromatic heterocycles. The van der Waals surface area contributed by atoms with E-state index in [2.05, 4.69) is 9.88 Å². The van der Waals surface area contributed by atoms with E-state index in [4.69, 9.17) is 11.6 Å². The zero-order valence-electron chi connectivity index (χ0n) is 10.9. The number of piperazine rings is 1. The van der Waals surface area contributed by atoms with E-state index < -0.39 is 15.6 Å². The van der Waals surface area contributed by atoms with Crippen LogP contribution in [-0.2, 0) is 10.0 Å². The molecule has 0 radical (unpaired) electrons. The van der Waals surface area contributed by atoms with Crippen molar-refractivity contribution >= 4 is 21.6 Å². The first-order valence-electron chi connectivity index (χ1n) is 6.61. The van der Waals surface area contributed by atoms with Gasteiger partial charge in [-0.1, -0.05) is 11.6 Å². The summed E-state index contributed by atoms with van der Waals surface area (Å²) in [5, 5.41) is -0.109. The third-order valence-electron chi connectivity index (χ3n) is 3.81. The lowest BCUT2D eigenvalue weighted by Crippen LogP contribution is -2.49. The first-order chi connectivity index (χ1) is 9.48. The van der Waals surface area contributed by atoms with E-state index in [1.165, 1.54) is 29.4 Å². The minimum absolute atomic E-state index is 0.0435. The zero-order chi connectivity index (χ0) is 14.3. The van der Waals surface area contributed by atoms with Crippen molar-refractivity contribution in [2.75, 3.05) is 26.2 Å². The van der Waals surface area contributed by atoms with Gasteiger partial charge in [0.25, 0.3) is 5.56 Å². The van der Waals surface area contributed by atoms with Crippen LogP contribution in [0.2, 0.25) is 5.02 Å². The molecule has 110 valence electrons. The first kappa shape index (κ1) is 14.1. The molecule has 1 N–H and O–H groups in total. The Kier molecular flexibility index (Phi) is 3.62. The highest BCUT2D eigenvalue weighted by Gasteiger charge is 2.35. The van der Waals surface area contributed by atoms with Gasteiger partial charge in [0.05, 0.1) is 4.90 Å². The van der Waals surface area contributed by atoms with E-state index in [0.717, 1.165) is 13.1 Å². The number of hydrogen-bond acceptors (Lipinski definition) is 4. The highest BCUT2D eigenvalue weighted by atomic mass is 35.5. The molecule has 0 bridgehead atoms. The Balaban J connectivity index is 1.77. The number of halogens is 1. The normalized spacial score (nSPS) is 22.1. The van der Waals surface area contributed by atoms with Gasteiger partial charge in [0, 0.05) is 38.4 Å². The summed E-state index contributed by atoms with van der Waals surface area (Å²) in [6.45, 7) is 2.49. The van der Waals surface area contributed by atoms with Crippen molar-refractivity contribution in [1.82, 2.24) is 14.2 Å². The number of aromatic nitrogens is 1. The third kappa shape index (κ3) is 2.63. The molecule has 0 amide bonds. The molecule has 6 nitrogen and oxygen atoms in total. The van der Waals surface area contributed by atoms with Gasteiger partial charge in [-0.2, -0.15) is 4.31 Å². The van der Waals surface area contributed by atoms with E-state index in [1.807, 2.05) is 0 Å². The Labute approximate surface area is 122 Å². The number of nitrogens with one attached hydrogen (secondary N) is 1. The molecule has 20 heavy (non-hydrogen) atoms. The number of rotatable bonds is 3. The lowest BCUT2D eigenvalue weighted by molar-refractivity contribution is 0.180. The lowest BCUT2D eigenvalue weighted by Gasteiger charge is -2.33. The van der Waals surface area contributed by atoms with Crippen molar-refractivity contribution in [2.45, 2.75) is 23.8 Å². The largest absolute Gasteiger partial charge is 0.326 e. The van der Waals surface area contributed by atoms with Crippen LogP contribution in [0.3, 0.4) is 0 Å². The van der Waals surface area contributed by atoms with Gasteiger partial charge in [0.2, 0.25) is 10.0 Å². The Morgan fingerprint density at radius 3 is 2.40 bits per heavy atom. The van der Waals surface area contributed by atoms with Crippen molar-refractivity contribution in [3.8, 4) is 0 Å². The monoisotopic (exact) mass is 317 g/mol. The molecule has 2 fully saturated rings. The predicted molar refractivity (Wildman–Crippen MR) is 75.4 cm³/mol. The SMILES string of the molecule is O=c1[nH]cc(S(=O)(=O)N2CCN(C3CC3)CC2)cc1Cl. The number of hydrogen-bond donors (Lipinski definition) is 1. The molecule has 1 saturated heterocycles. The minimum Gasteiger partial charge on any atom is -0.326 e. The van der Waals surface area contributed by atoms with Crippen LogP contribution in [0.1, 0.15) is 12.8 Å². The summed E-state index contributed by atoms with van der Waals surface area (Å²) in [6, 6.07) is 1.87. The third-order valence-corrected chi connectivity index (χ3v) is 5.96. The molecule has 3 rings (SSSR count). The molecular weight excluding hydrogens is 302 g/mol. The maximum Gasteiger partial charge on any atom is 0.266 e. The van der Waals surface area contributed by atoms with Crippen molar-refractivity contribution in [1.29, 1.82) is 0 Å². The summed E-state index contributed by atoms with van der Waals surface area (Å²) in [6.07, 6.45) is 3.65. The molecule has 0 unspecified atom stereocenters. The standard InChI is InChI=1S/C12H16ClN3O3S/c13-11-7-10(8-14-12(11)17)20(18,19)16-5-3-15(4-6-16)9-1-2-9/h7-9H,1-6H2,(H,14,17). The van der Waals surface area contributed by atoms with Crippen LogP contribution in [0, 0.1) is 0 Å². The fraction of sp³-hybridized carbons (Fsp3) is 0.583. The number of nitrogens with zero attached hydrogens (tertiary/aromatic N) is 2. The second kappa shape index (κ2) is 5.14. The van der Waals surface area contributed by atoms with Gasteiger partial charge >= 0.3 is 0 Å². The molecule has 1 aliphatic carbocycles. The van der Waals surface area contributed by atoms with E-state index in [-0.39, 0.29) is 9.92 Å². The van der Waals surface area contributed by atoms with Crippen molar-refractivity contribution < 1.29 is 8.42 Å². The van der Waals surface area contributed by atoms with E-state index in [0.29, 0.717) is 19.1 Å². The van der Waals surface area contributed by atoms with E-state index in [9.17, 15) is 13.2 Å². The second-order valence-corrected chi connectivity index (χ2v) is 7.53. The van der Waals surface area contributed by atoms with E-state index in [1.54, 1.807) is 0 Å². The second-order valence-electron chi connectivity index (χ2n) is 5.18. The Morgan fingerprint density at radius 2 is 1.85 bits per heavy atom. The molecule has 1 aliphatic heterocycles. The Bertz CT molecular complexity index is 661. The van der Waals surface area contributed by atoms with Gasteiger partial charge in [-0.25, -0.2) is 8.42 Å². The molecule has 0 aromatic carbocycles. The Morgan fingerprint density at radius 1 is 1.20 bits per heavy atom. The predicted octanol–water partition coefficient (Wildman–Crippen LogP) is 0.497. The maximum atomic E-state index is 12.5. The smallest absolute Gasteiger partial charge is 0.266 e. The van der Waals surface area contributed by atoms with Gasteiger partial charge in [-0.3, -0.25) is 9.69 Å². The fourth-order valence-electron chi connectivity index (χ4n) is 2.48. The van der Waals surface area contributed by atoms with Crippen LogP contribution < -0.4 is 5.56 Å². The molecule has 0 spiro atoms. The van der Waals surface area contributed by atoms with Crippen molar-refractivity contribution in [2.24, 2.45) is 0 Å². The number of sulfonamides is 1. The van der Waals surface area contributed by atoms with Crippen LogP contribution >= 0.6 is 11.6 Å². The van der Waals surface area contributed by atoms with Gasteiger partial charge in [-0.05, 0) is 18.9 Å². The fourth-order valence-corrected chi connectivity index (χ4v) is 4.14. The number of H-pyrrole nitrogens is 1. The van der Waals surface area contributed by atoms with Crippen LogP contribution in [0.5, 0.6) is 0 Å². The summed E-state index contributed by atoms with van der Waals surface area (Å²) < 4.78 is 26.4. The molecule has 2 heterocycles. The summed E-state index contributed by atoms with van der Waals surface area (Å²) in [5.74, 6) is 0. The van der Waals surface area contributed by atoms with Gasteiger partial charge in [0.15, 0.2) is 0 Å². The van der Waals surface area contributed by atoms with Crippen LogP contribution in [0.15, 0.2) is 22.0 Å². The highest BCUT2D eigenvalue weighted by Crippen LogP contribution is 2.28. The average molecular weight is 318 g/mol. The number of pyridine rings is 1. The first-order valence-corrected chi connectivity index (χ1v) is 8.43. The zero-order valence-corrected chi connectivity index (χ0v) is 12.5. The Hall–Kier alpha value is -0.890. The quantitative estimate of drug-likeness (QED) is 0.881. The maximum absolute atomic E-state index is 12.5. The summed E-state index contributed by atoms with van der Waals surface area (Å²) in [4.78, 5) is 15.9. The summed E-state index contributed by atoms with van der Waals surface area (Å²) in [5.41, 5.74) is -0.482. The molecular formula is C12H16ClN3O3S. The van der Waals surface area contributed by atoms with Crippen LogP contribution in [-0.4, -0.2) is 54.8 Å². The highest BCUT2D eigenvalue weighted by molar-refractivity contribution is 7.89. The van der Waals surface area contributed by atoms with Crippen molar-refractivity contribution in [3.05, 3.63) is 27.6 Å². The summed E-state index contributed by atoms with van der Waals surface area (Å²) >= 11 is 5.70. The minimum atomic E-state index is -3.58. The molecule has 1 saturated carbocycles. The van der Waals surface area contributed by atoms with Crippen LogP contribution in [0.4, 0.5) is 0 Å². The van der Waals surface area contributed by atoms with Crippen molar-refractivity contribution in [3.63, 3.8) is 0 Å². The van der Waals surface area contributed by atoms with Gasteiger partial charge in [0.1, 0.15) is 5.02 Å². The lowest BCUT2D eigenvalue weighted by atomic mass is 10.3.